The Labute approximate surface area is 126 Å². The number of non-ortho nitro benzene ring substituents is 1. The van der Waals surface area contributed by atoms with Crippen molar-refractivity contribution in [2.45, 2.75) is 31.9 Å². The molecule has 1 atom stereocenters. The molecule has 1 fully saturated rings. The van der Waals surface area contributed by atoms with Crippen LogP contribution in [0.2, 0.25) is 0 Å². The molecular formula is C14H16N4O4. The lowest BCUT2D eigenvalue weighted by Crippen LogP contribution is -2.19. The van der Waals surface area contributed by atoms with Crippen LogP contribution in [-0.2, 0) is 16.0 Å². The number of carbonyl (C=O) groups is 1. The molecule has 0 spiro atoms. The molecule has 1 aliphatic heterocycles. The molecule has 2 aromatic rings. The third kappa shape index (κ3) is 2.64. The van der Waals surface area contributed by atoms with Gasteiger partial charge in [-0.25, -0.2) is 4.68 Å². The SMILES string of the molecule is NC(=O)Cc1cc([N+](=O)[O-])c2cnn(C3CCCCO3)c2c1. The molecule has 0 aliphatic carbocycles. The molecule has 0 radical (unpaired) electrons. The Morgan fingerprint density at radius 1 is 1.50 bits per heavy atom. The van der Waals surface area contributed by atoms with Crippen LogP contribution in [0.4, 0.5) is 5.69 Å². The Morgan fingerprint density at radius 3 is 2.95 bits per heavy atom. The van der Waals surface area contributed by atoms with Crippen molar-refractivity contribution in [1.29, 1.82) is 0 Å². The van der Waals surface area contributed by atoms with E-state index in [1.54, 1.807) is 10.7 Å². The maximum absolute atomic E-state index is 11.3. The Kier molecular flexibility index (Phi) is 3.76. The molecule has 22 heavy (non-hydrogen) atoms. The molecule has 3 rings (SSSR count). The lowest BCUT2D eigenvalue weighted by atomic mass is 10.1. The van der Waals surface area contributed by atoms with E-state index >= 15 is 0 Å². The van der Waals surface area contributed by atoms with Gasteiger partial charge >= 0.3 is 0 Å². The second-order valence-corrected chi connectivity index (χ2v) is 5.36. The number of nitrogens with zero attached hydrogens (tertiary/aromatic N) is 3. The monoisotopic (exact) mass is 304 g/mol. The van der Waals surface area contributed by atoms with Gasteiger partial charge in [-0.05, 0) is 30.9 Å². The lowest BCUT2D eigenvalue weighted by Gasteiger charge is -2.23. The van der Waals surface area contributed by atoms with Crippen LogP contribution in [0.5, 0.6) is 0 Å². The Balaban J connectivity index is 2.12. The maximum Gasteiger partial charge on any atom is 0.280 e. The molecule has 1 saturated heterocycles. The van der Waals surface area contributed by atoms with Crippen LogP contribution < -0.4 is 5.73 Å². The summed E-state index contributed by atoms with van der Waals surface area (Å²) >= 11 is 0. The van der Waals surface area contributed by atoms with Gasteiger partial charge in [-0.3, -0.25) is 14.9 Å². The van der Waals surface area contributed by atoms with Gasteiger partial charge in [0.1, 0.15) is 0 Å². The highest BCUT2D eigenvalue weighted by molar-refractivity contribution is 5.90. The van der Waals surface area contributed by atoms with Gasteiger partial charge in [0.25, 0.3) is 5.69 Å². The zero-order valence-corrected chi connectivity index (χ0v) is 11.9. The molecule has 1 unspecified atom stereocenters. The first-order valence-corrected chi connectivity index (χ1v) is 7.10. The number of primary amides is 1. The summed E-state index contributed by atoms with van der Waals surface area (Å²) in [4.78, 5) is 21.9. The van der Waals surface area contributed by atoms with Gasteiger partial charge in [0.15, 0.2) is 6.23 Å². The number of nitrogens with two attached hydrogens (primary N) is 1. The summed E-state index contributed by atoms with van der Waals surface area (Å²) in [6, 6.07) is 3.10. The Morgan fingerprint density at radius 2 is 2.32 bits per heavy atom. The highest BCUT2D eigenvalue weighted by Gasteiger charge is 2.23. The summed E-state index contributed by atoms with van der Waals surface area (Å²) < 4.78 is 7.35. The molecule has 2 heterocycles. The number of carbonyl (C=O) groups excluding carboxylic acids is 1. The van der Waals surface area contributed by atoms with E-state index in [-0.39, 0.29) is 18.3 Å². The summed E-state index contributed by atoms with van der Waals surface area (Å²) in [6.45, 7) is 0.648. The third-order valence-corrected chi connectivity index (χ3v) is 3.76. The lowest BCUT2D eigenvalue weighted by molar-refractivity contribution is -0.383. The molecule has 1 aliphatic rings. The average molecular weight is 304 g/mol. The molecule has 116 valence electrons. The number of aromatic nitrogens is 2. The van der Waals surface area contributed by atoms with E-state index in [4.69, 9.17) is 10.5 Å². The molecular weight excluding hydrogens is 288 g/mol. The van der Waals surface area contributed by atoms with Gasteiger partial charge in [-0.1, -0.05) is 0 Å². The zero-order chi connectivity index (χ0) is 15.7. The van der Waals surface area contributed by atoms with Crippen molar-refractivity contribution < 1.29 is 14.5 Å². The summed E-state index contributed by atoms with van der Waals surface area (Å²) in [5, 5.41) is 16.0. The van der Waals surface area contributed by atoms with E-state index < -0.39 is 10.8 Å². The van der Waals surface area contributed by atoms with Gasteiger partial charge in [0, 0.05) is 12.7 Å². The first-order chi connectivity index (χ1) is 10.6. The van der Waals surface area contributed by atoms with E-state index in [2.05, 4.69) is 5.10 Å². The van der Waals surface area contributed by atoms with E-state index in [0.29, 0.717) is 23.1 Å². The number of nitro groups is 1. The smallest absolute Gasteiger partial charge is 0.280 e. The van der Waals surface area contributed by atoms with E-state index in [1.165, 1.54) is 12.3 Å². The largest absolute Gasteiger partial charge is 0.369 e. The van der Waals surface area contributed by atoms with E-state index in [0.717, 1.165) is 19.3 Å². The first-order valence-electron chi connectivity index (χ1n) is 7.10. The molecule has 8 nitrogen and oxygen atoms in total. The third-order valence-electron chi connectivity index (χ3n) is 3.76. The highest BCUT2D eigenvalue weighted by Crippen LogP contribution is 2.31. The van der Waals surface area contributed by atoms with Crippen molar-refractivity contribution in [1.82, 2.24) is 9.78 Å². The van der Waals surface area contributed by atoms with E-state index in [1.807, 2.05) is 0 Å². The van der Waals surface area contributed by atoms with Crippen LogP contribution in [0.1, 0.15) is 31.1 Å². The summed E-state index contributed by atoms with van der Waals surface area (Å²) in [5.41, 5.74) is 6.22. The number of benzene rings is 1. The summed E-state index contributed by atoms with van der Waals surface area (Å²) in [5.74, 6) is -0.534. The van der Waals surface area contributed by atoms with Crippen molar-refractivity contribution in [2.24, 2.45) is 5.73 Å². The van der Waals surface area contributed by atoms with Crippen molar-refractivity contribution in [3.63, 3.8) is 0 Å². The molecule has 0 saturated carbocycles. The quantitative estimate of drug-likeness (QED) is 0.681. The van der Waals surface area contributed by atoms with Gasteiger partial charge in [0.05, 0.1) is 28.4 Å². The topological polar surface area (TPSA) is 113 Å². The predicted octanol–water partition coefficient (Wildman–Crippen LogP) is 1.67. The fourth-order valence-electron chi connectivity index (χ4n) is 2.78. The first kappa shape index (κ1) is 14.5. The Bertz CT molecular complexity index is 734. The van der Waals surface area contributed by atoms with Gasteiger partial charge in [-0.15, -0.1) is 0 Å². The van der Waals surface area contributed by atoms with Gasteiger partial charge in [-0.2, -0.15) is 5.10 Å². The fraction of sp³-hybridized carbons (Fsp3) is 0.429. The number of fused-ring (bicyclic) bond motifs is 1. The van der Waals surface area contributed by atoms with Crippen molar-refractivity contribution in [2.75, 3.05) is 6.61 Å². The highest BCUT2D eigenvalue weighted by atomic mass is 16.6. The minimum Gasteiger partial charge on any atom is -0.369 e. The van der Waals surface area contributed by atoms with Crippen molar-refractivity contribution >= 4 is 22.5 Å². The average Bonchev–Trinajstić information content (AvgIpc) is 2.90. The predicted molar refractivity (Wildman–Crippen MR) is 78.1 cm³/mol. The molecule has 2 N–H and O–H groups in total. The summed E-state index contributed by atoms with van der Waals surface area (Å²) in [7, 11) is 0. The summed E-state index contributed by atoms with van der Waals surface area (Å²) in [6.07, 6.45) is 4.03. The number of rotatable bonds is 4. The van der Waals surface area contributed by atoms with Gasteiger partial charge < -0.3 is 10.5 Å². The number of hydrogen-bond acceptors (Lipinski definition) is 5. The number of hydrogen-bond donors (Lipinski definition) is 1. The van der Waals surface area contributed by atoms with Crippen LogP contribution in [0, 0.1) is 10.1 Å². The van der Waals surface area contributed by atoms with Crippen LogP contribution in [0.25, 0.3) is 10.9 Å². The van der Waals surface area contributed by atoms with Crippen LogP contribution in [0.15, 0.2) is 18.3 Å². The van der Waals surface area contributed by atoms with Crippen molar-refractivity contribution in [3.05, 3.63) is 34.0 Å². The maximum atomic E-state index is 11.3. The molecule has 1 aromatic heterocycles. The minimum absolute atomic E-state index is 0.0481. The molecule has 8 heteroatoms. The second-order valence-electron chi connectivity index (χ2n) is 5.36. The number of ether oxygens (including phenoxy) is 1. The zero-order valence-electron chi connectivity index (χ0n) is 11.9. The van der Waals surface area contributed by atoms with Crippen LogP contribution in [-0.4, -0.2) is 27.2 Å². The van der Waals surface area contributed by atoms with E-state index in [9.17, 15) is 14.9 Å². The molecule has 1 aromatic carbocycles. The normalized spacial score (nSPS) is 18.5. The van der Waals surface area contributed by atoms with Crippen LogP contribution >= 0.6 is 0 Å². The second kappa shape index (κ2) is 5.72. The fourth-order valence-corrected chi connectivity index (χ4v) is 2.78. The molecule has 0 bridgehead atoms. The standard InChI is InChI=1S/C14H16N4O4/c15-13(19)7-9-5-11-10(12(6-9)18(20)21)8-16-17(11)14-3-1-2-4-22-14/h5-6,8,14H,1-4,7H2,(H2,15,19). The number of amides is 1. The van der Waals surface area contributed by atoms with Crippen molar-refractivity contribution in [3.8, 4) is 0 Å². The Hall–Kier alpha value is -2.48. The van der Waals surface area contributed by atoms with Gasteiger partial charge in [0.2, 0.25) is 5.91 Å². The number of nitro benzene ring substituents is 1. The minimum atomic E-state index is -0.534. The van der Waals surface area contributed by atoms with Crippen LogP contribution in [0.3, 0.4) is 0 Å². The molecule has 1 amide bonds.